The molecule has 0 atom stereocenters. The van der Waals surface area contributed by atoms with Crippen molar-refractivity contribution in [2.24, 2.45) is 5.73 Å². The number of nitrogens with one attached hydrogen (secondary N) is 1. The highest BCUT2D eigenvalue weighted by atomic mass is 32.2. The first kappa shape index (κ1) is 20.5. The highest BCUT2D eigenvalue weighted by Gasteiger charge is 2.21. The number of rotatable bonds is 7. The van der Waals surface area contributed by atoms with E-state index in [0.717, 1.165) is 5.56 Å². The number of nitro benzene ring substituents is 1. The van der Waals surface area contributed by atoms with Crippen LogP contribution in [-0.2, 0) is 4.79 Å². The molecule has 2 amide bonds. The molecule has 0 saturated carbocycles. The normalized spacial score (nSPS) is 10.5. The van der Waals surface area contributed by atoms with Crippen molar-refractivity contribution in [2.45, 2.75) is 11.3 Å². The molecule has 0 aliphatic rings. The van der Waals surface area contributed by atoms with Crippen LogP contribution in [-0.4, -0.2) is 27.5 Å². The number of anilines is 1. The maximum absolute atomic E-state index is 12.8. The largest absolute Gasteiger partial charge is 0.369 e. The molecule has 29 heavy (non-hydrogen) atoms. The van der Waals surface area contributed by atoms with Crippen LogP contribution in [0.15, 0.2) is 52.9 Å². The lowest BCUT2D eigenvalue weighted by Crippen LogP contribution is -2.14. The molecule has 0 bridgehead atoms. The number of benzene rings is 2. The van der Waals surface area contributed by atoms with Crippen molar-refractivity contribution in [1.29, 1.82) is 0 Å². The van der Waals surface area contributed by atoms with Gasteiger partial charge < -0.3 is 11.1 Å². The van der Waals surface area contributed by atoms with E-state index in [1.54, 1.807) is 0 Å². The Kier molecular flexibility index (Phi) is 6.25. The molecular formula is C19H16N4O4S2. The molecule has 10 heteroatoms. The molecule has 0 radical (unpaired) electrons. The molecule has 0 unspecified atom stereocenters. The highest BCUT2D eigenvalue weighted by molar-refractivity contribution is 8.01. The Morgan fingerprint density at radius 2 is 1.93 bits per heavy atom. The molecule has 8 nitrogen and oxygen atoms in total. The van der Waals surface area contributed by atoms with Gasteiger partial charge in [0.05, 0.1) is 10.7 Å². The first-order valence-corrected chi connectivity index (χ1v) is 10.2. The second-order valence-electron chi connectivity index (χ2n) is 5.94. The molecule has 3 N–H and O–H groups in total. The summed E-state index contributed by atoms with van der Waals surface area (Å²) in [5, 5.41) is 14.4. The highest BCUT2D eigenvalue weighted by Crippen LogP contribution is 2.38. The summed E-state index contributed by atoms with van der Waals surface area (Å²) < 4.78 is 0.578. The zero-order chi connectivity index (χ0) is 21.0. The van der Waals surface area contributed by atoms with Crippen LogP contribution < -0.4 is 11.1 Å². The maximum atomic E-state index is 12.8. The minimum atomic E-state index is -0.521. The van der Waals surface area contributed by atoms with E-state index in [1.165, 1.54) is 48.2 Å². The van der Waals surface area contributed by atoms with Crippen LogP contribution in [0.3, 0.4) is 0 Å². The first-order valence-electron chi connectivity index (χ1n) is 8.39. The van der Waals surface area contributed by atoms with Crippen molar-refractivity contribution < 1.29 is 14.5 Å². The minimum Gasteiger partial charge on any atom is -0.369 e. The Morgan fingerprint density at radius 1 is 1.21 bits per heavy atom. The van der Waals surface area contributed by atoms with Crippen molar-refractivity contribution in [1.82, 2.24) is 4.98 Å². The van der Waals surface area contributed by atoms with E-state index in [4.69, 9.17) is 5.73 Å². The van der Waals surface area contributed by atoms with Crippen molar-refractivity contribution in [3.63, 3.8) is 0 Å². The van der Waals surface area contributed by atoms with Gasteiger partial charge in [-0.15, -0.1) is 0 Å². The SMILES string of the molecule is Cc1c(C(=O)Nc2sc(SCC(N)=O)nc2-c2ccccc2)cccc1[N+](=O)[O-]. The third-order valence-electron chi connectivity index (χ3n) is 3.97. The van der Waals surface area contributed by atoms with E-state index >= 15 is 0 Å². The summed E-state index contributed by atoms with van der Waals surface area (Å²) in [6.45, 7) is 1.53. The van der Waals surface area contributed by atoms with Crippen molar-refractivity contribution >= 4 is 45.6 Å². The summed E-state index contributed by atoms with van der Waals surface area (Å²) in [5.41, 5.74) is 6.91. The topological polar surface area (TPSA) is 128 Å². The average Bonchev–Trinajstić information content (AvgIpc) is 3.09. The molecule has 148 valence electrons. The Labute approximate surface area is 174 Å². The Morgan fingerprint density at radius 3 is 2.59 bits per heavy atom. The Bertz CT molecular complexity index is 1080. The Hall–Kier alpha value is -3.24. The molecule has 2 aromatic carbocycles. The molecule has 0 spiro atoms. The zero-order valence-corrected chi connectivity index (χ0v) is 16.9. The number of thiazole rings is 1. The Balaban J connectivity index is 1.95. The maximum Gasteiger partial charge on any atom is 0.273 e. The summed E-state index contributed by atoms with van der Waals surface area (Å²) in [6, 6.07) is 13.6. The standard InChI is InChI=1S/C19H16N4O4S2/c1-11-13(8-5-9-14(11)23(26)27)17(25)22-18-16(12-6-3-2-4-7-12)21-19(29-18)28-10-15(20)24/h2-9H,10H2,1H3,(H2,20,24)(H,22,25). The summed E-state index contributed by atoms with van der Waals surface area (Å²) >= 11 is 2.40. The van der Waals surface area contributed by atoms with E-state index in [0.29, 0.717) is 15.0 Å². The lowest BCUT2D eigenvalue weighted by atomic mass is 10.1. The van der Waals surface area contributed by atoms with E-state index in [2.05, 4.69) is 10.3 Å². The molecule has 1 heterocycles. The number of thioether (sulfide) groups is 1. The number of nitro groups is 1. The van der Waals surface area contributed by atoms with Gasteiger partial charge in [0.25, 0.3) is 11.6 Å². The van der Waals surface area contributed by atoms with Gasteiger partial charge in [0, 0.05) is 22.8 Å². The fourth-order valence-corrected chi connectivity index (χ4v) is 4.41. The second kappa shape index (κ2) is 8.84. The van der Waals surface area contributed by atoms with Gasteiger partial charge in [-0.3, -0.25) is 19.7 Å². The molecule has 0 saturated heterocycles. The van der Waals surface area contributed by atoms with Crippen LogP contribution in [0.2, 0.25) is 0 Å². The third-order valence-corrected chi connectivity index (χ3v) is 6.10. The number of carbonyl (C=O) groups excluding carboxylic acids is 2. The fourth-order valence-electron chi connectivity index (χ4n) is 2.61. The van der Waals surface area contributed by atoms with Gasteiger partial charge in [0.1, 0.15) is 10.7 Å². The van der Waals surface area contributed by atoms with Gasteiger partial charge in [-0.05, 0) is 13.0 Å². The molecule has 0 fully saturated rings. The third kappa shape index (κ3) is 4.79. The number of nitrogens with two attached hydrogens (primary N) is 1. The monoisotopic (exact) mass is 428 g/mol. The predicted molar refractivity (Wildman–Crippen MR) is 113 cm³/mol. The van der Waals surface area contributed by atoms with E-state index in [1.807, 2.05) is 30.3 Å². The summed E-state index contributed by atoms with van der Waals surface area (Å²) in [6.07, 6.45) is 0. The van der Waals surface area contributed by atoms with Crippen molar-refractivity contribution in [3.8, 4) is 11.3 Å². The molecule has 3 aromatic rings. The molecule has 3 rings (SSSR count). The summed E-state index contributed by atoms with van der Waals surface area (Å²) in [4.78, 5) is 39.1. The number of carbonyl (C=O) groups is 2. The van der Waals surface area contributed by atoms with Gasteiger partial charge in [0.2, 0.25) is 5.91 Å². The van der Waals surface area contributed by atoms with Crippen molar-refractivity contribution in [2.75, 3.05) is 11.1 Å². The van der Waals surface area contributed by atoms with Crippen LogP contribution in [0, 0.1) is 17.0 Å². The number of hydrogen-bond donors (Lipinski definition) is 2. The smallest absolute Gasteiger partial charge is 0.273 e. The second-order valence-corrected chi connectivity index (χ2v) is 8.16. The van der Waals surface area contributed by atoms with Gasteiger partial charge in [-0.2, -0.15) is 0 Å². The average molecular weight is 428 g/mol. The molecule has 0 aliphatic carbocycles. The predicted octanol–water partition coefficient (Wildman–Crippen LogP) is 3.86. The number of hydrogen-bond acceptors (Lipinski definition) is 7. The first-order chi connectivity index (χ1) is 13.9. The zero-order valence-electron chi connectivity index (χ0n) is 15.2. The number of aromatic nitrogens is 1. The quantitative estimate of drug-likeness (QED) is 0.334. The van der Waals surface area contributed by atoms with Crippen LogP contribution in [0.1, 0.15) is 15.9 Å². The lowest BCUT2D eigenvalue weighted by Gasteiger charge is -2.08. The van der Waals surface area contributed by atoms with Crippen LogP contribution in [0.25, 0.3) is 11.3 Å². The molecular weight excluding hydrogens is 412 g/mol. The van der Waals surface area contributed by atoms with Crippen molar-refractivity contribution in [3.05, 3.63) is 69.8 Å². The summed E-state index contributed by atoms with van der Waals surface area (Å²) in [5.74, 6) is -0.873. The van der Waals surface area contributed by atoms with E-state index in [9.17, 15) is 19.7 Å². The van der Waals surface area contributed by atoms with Gasteiger partial charge >= 0.3 is 0 Å². The van der Waals surface area contributed by atoms with Gasteiger partial charge in [-0.1, -0.05) is 59.5 Å². The minimum absolute atomic E-state index is 0.0686. The number of nitrogens with zero attached hydrogens (tertiary/aromatic N) is 2. The van der Waals surface area contributed by atoms with Crippen LogP contribution in [0.4, 0.5) is 10.7 Å². The van der Waals surface area contributed by atoms with E-state index in [-0.39, 0.29) is 22.6 Å². The van der Waals surface area contributed by atoms with Gasteiger partial charge in [0.15, 0.2) is 4.34 Å². The number of primary amides is 1. The fraction of sp³-hybridized carbons (Fsp3) is 0.105. The van der Waals surface area contributed by atoms with Gasteiger partial charge in [-0.25, -0.2) is 4.98 Å². The van der Waals surface area contributed by atoms with E-state index < -0.39 is 16.7 Å². The lowest BCUT2D eigenvalue weighted by molar-refractivity contribution is -0.385. The summed E-state index contributed by atoms with van der Waals surface area (Å²) in [7, 11) is 0. The molecule has 1 aromatic heterocycles. The van der Waals surface area contributed by atoms with Crippen LogP contribution >= 0.6 is 23.1 Å². The number of amides is 2. The molecule has 0 aliphatic heterocycles. The van der Waals surface area contributed by atoms with Crippen LogP contribution in [0.5, 0.6) is 0 Å².